The third-order valence-electron chi connectivity index (χ3n) is 3.11. The molecule has 2 aromatic heterocycles. The van der Waals surface area contributed by atoms with Crippen LogP contribution in [0.4, 0.5) is 0 Å². The zero-order valence-corrected chi connectivity index (χ0v) is 10.4. The van der Waals surface area contributed by atoms with Crippen LogP contribution in [0.2, 0.25) is 0 Å². The third-order valence-corrected chi connectivity index (χ3v) is 3.11. The standard InChI is InChI=1S/C11H17N5O/c1-4-15(5-2)6-9-8(3)10-13-12-7-16(10)14-11(9)17/h7H,4-6H2,1-3H3,(H,14,17). The summed E-state index contributed by atoms with van der Waals surface area (Å²) in [6, 6.07) is 0. The van der Waals surface area contributed by atoms with Crippen molar-refractivity contribution in [3.8, 4) is 0 Å². The van der Waals surface area contributed by atoms with Gasteiger partial charge < -0.3 is 0 Å². The number of rotatable bonds is 4. The molecule has 0 aromatic carbocycles. The zero-order valence-electron chi connectivity index (χ0n) is 10.4. The molecule has 1 N–H and O–H groups in total. The molecule has 0 aliphatic carbocycles. The van der Waals surface area contributed by atoms with Crippen molar-refractivity contribution in [1.82, 2.24) is 24.7 Å². The molecule has 0 fully saturated rings. The van der Waals surface area contributed by atoms with Crippen molar-refractivity contribution < 1.29 is 0 Å². The van der Waals surface area contributed by atoms with E-state index >= 15 is 0 Å². The summed E-state index contributed by atoms with van der Waals surface area (Å²) >= 11 is 0. The summed E-state index contributed by atoms with van der Waals surface area (Å²) in [7, 11) is 0. The molecule has 0 atom stereocenters. The minimum Gasteiger partial charge on any atom is -0.299 e. The average Bonchev–Trinajstić information content (AvgIpc) is 2.77. The number of nitrogens with one attached hydrogen (secondary N) is 1. The summed E-state index contributed by atoms with van der Waals surface area (Å²) in [5.41, 5.74) is 2.32. The Morgan fingerprint density at radius 2 is 2.12 bits per heavy atom. The number of nitrogens with zero attached hydrogens (tertiary/aromatic N) is 4. The molecule has 0 radical (unpaired) electrons. The van der Waals surface area contributed by atoms with E-state index in [4.69, 9.17) is 0 Å². The second kappa shape index (κ2) is 4.67. The maximum Gasteiger partial charge on any atom is 0.267 e. The van der Waals surface area contributed by atoms with E-state index < -0.39 is 0 Å². The van der Waals surface area contributed by atoms with Crippen LogP contribution in [-0.2, 0) is 6.54 Å². The minimum absolute atomic E-state index is 0.0679. The van der Waals surface area contributed by atoms with Crippen molar-refractivity contribution in [2.45, 2.75) is 27.3 Å². The fourth-order valence-corrected chi connectivity index (χ4v) is 1.92. The summed E-state index contributed by atoms with van der Waals surface area (Å²) in [6.45, 7) is 8.58. The van der Waals surface area contributed by atoms with E-state index in [0.717, 1.165) is 24.2 Å². The van der Waals surface area contributed by atoms with Crippen LogP contribution in [0.15, 0.2) is 11.1 Å². The van der Waals surface area contributed by atoms with Crippen LogP contribution in [0.5, 0.6) is 0 Å². The van der Waals surface area contributed by atoms with E-state index in [1.165, 1.54) is 6.33 Å². The van der Waals surface area contributed by atoms with Crippen molar-refractivity contribution >= 4 is 5.65 Å². The smallest absolute Gasteiger partial charge is 0.267 e. The number of fused-ring (bicyclic) bond motifs is 1. The molecular formula is C11H17N5O. The van der Waals surface area contributed by atoms with Gasteiger partial charge in [0.25, 0.3) is 5.56 Å². The molecule has 0 saturated carbocycles. The molecule has 2 aromatic rings. The van der Waals surface area contributed by atoms with Crippen LogP contribution in [-0.4, -0.2) is 37.8 Å². The molecule has 0 amide bonds. The summed E-state index contributed by atoms with van der Waals surface area (Å²) in [5, 5.41) is 10.5. The average molecular weight is 235 g/mol. The first-order valence-corrected chi connectivity index (χ1v) is 5.81. The zero-order chi connectivity index (χ0) is 12.4. The lowest BCUT2D eigenvalue weighted by Gasteiger charge is -2.18. The lowest BCUT2D eigenvalue weighted by atomic mass is 10.1. The Morgan fingerprint density at radius 3 is 2.76 bits per heavy atom. The second-order valence-electron chi connectivity index (χ2n) is 4.03. The van der Waals surface area contributed by atoms with Gasteiger partial charge in [-0.05, 0) is 20.0 Å². The Kier molecular flexibility index (Phi) is 3.23. The Morgan fingerprint density at radius 1 is 1.41 bits per heavy atom. The summed E-state index contributed by atoms with van der Waals surface area (Å²) in [6.07, 6.45) is 1.50. The fraction of sp³-hybridized carbons (Fsp3) is 0.545. The molecule has 0 aliphatic rings. The third kappa shape index (κ3) is 2.08. The fourth-order valence-electron chi connectivity index (χ4n) is 1.92. The van der Waals surface area contributed by atoms with Gasteiger partial charge in [0.15, 0.2) is 5.65 Å². The first-order chi connectivity index (χ1) is 8.17. The van der Waals surface area contributed by atoms with Gasteiger partial charge >= 0.3 is 0 Å². The van der Waals surface area contributed by atoms with Gasteiger partial charge in [-0.25, -0.2) is 4.52 Å². The molecule has 0 unspecified atom stereocenters. The van der Waals surface area contributed by atoms with Crippen LogP contribution >= 0.6 is 0 Å². The molecule has 0 bridgehead atoms. The molecule has 17 heavy (non-hydrogen) atoms. The molecule has 0 aliphatic heterocycles. The van der Waals surface area contributed by atoms with Crippen LogP contribution in [0.3, 0.4) is 0 Å². The van der Waals surface area contributed by atoms with Crippen LogP contribution in [0, 0.1) is 6.92 Å². The van der Waals surface area contributed by atoms with E-state index in [9.17, 15) is 4.79 Å². The Bertz CT molecular complexity index is 567. The quantitative estimate of drug-likeness (QED) is 0.841. The molecule has 92 valence electrons. The Labute approximate surface area is 99.3 Å². The van der Waals surface area contributed by atoms with E-state index in [2.05, 4.69) is 34.0 Å². The summed E-state index contributed by atoms with van der Waals surface area (Å²) in [5.74, 6) is 0. The van der Waals surface area contributed by atoms with E-state index in [1.54, 1.807) is 4.52 Å². The van der Waals surface area contributed by atoms with Crippen molar-refractivity contribution in [1.29, 1.82) is 0 Å². The number of aromatic amines is 1. The van der Waals surface area contributed by atoms with Gasteiger partial charge in [-0.3, -0.25) is 14.8 Å². The van der Waals surface area contributed by atoms with E-state index in [1.807, 2.05) is 6.92 Å². The highest BCUT2D eigenvalue weighted by atomic mass is 16.1. The van der Waals surface area contributed by atoms with Gasteiger partial charge in [0.2, 0.25) is 0 Å². The highest BCUT2D eigenvalue weighted by molar-refractivity contribution is 5.47. The predicted molar refractivity (Wildman–Crippen MR) is 65.0 cm³/mol. The predicted octanol–water partition coefficient (Wildman–Crippen LogP) is 0.568. The first kappa shape index (κ1) is 11.8. The van der Waals surface area contributed by atoms with Crippen LogP contribution < -0.4 is 5.56 Å². The Balaban J connectivity index is 2.49. The number of hydrogen-bond donors (Lipinski definition) is 1. The summed E-state index contributed by atoms with van der Waals surface area (Å²) < 4.78 is 1.56. The number of hydrogen-bond acceptors (Lipinski definition) is 4. The minimum atomic E-state index is -0.0679. The highest BCUT2D eigenvalue weighted by Crippen LogP contribution is 2.09. The van der Waals surface area contributed by atoms with Gasteiger partial charge in [0, 0.05) is 17.7 Å². The van der Waals surface area contributed by atoms with Crippen molar-refractivity contribution in [3.63, 3.8) is 0 Å². The topological polar surface area (TPSA) is 66.3 Å². The van der Waals surface area contributed by atoms with Crippen LogP contribution in [0.1, 0.15) is 25.0 Å². The van der Waals surface area contributed by atoms with Crippen molar-refractivity contribution in [2.24, 2.45) is 0 Å². The maximum atomic E-state index is 12.0. The van der Waals surface area contributed by atoms with Crippen molar-refractivity contribution in [2.75, 3.05) is 13.1 Å². The van der Waals surface area contributed by atoms with E-state index in [0.29, 0.717) is 12.2 Å². The lowest BCUT2D eigenvalue weighted by molar-refractivity contribution is 0.294. The van der Waals surface area contributed by atoms with Crippen LogP contribution in [0.25, 0.3) is 5.65 Å². The van der Waals surface area contributed by atoms with Gasteiger partial charge in [-0.2, -0.15) is 0 Å². The Hall–Kier alpha value is -1.69. The number of H-pyrrole nitrogens is 1. The molecular weight excluding hydrogens is 218 g/mol. The molecule has 6 heteroatoms. The molecule has 2 heterocycles. The largest absolute Gasteiger partial charge is 0.299 e. The maximum absolute atomic E-state index is 12.0. The molecule has 0 spiro atoms. The molecule has 0 saturated heterocycles. The lowest BCUT2D eigenvalue weighted by Crippen LogP contribution is -2.28. The molecule has 2 rings (SSSR count). The normalized spacial score (nSPS) is 11.5. The highest BCUT2D eigenvalue weighted by Gasteiger charge is 2.12. The van der Waals surface area contributed by atoms with E-state index in [-0.39, 0.29) is 5.56 Å². The SMILES string of the molecule is CCN(CC)Cc1c(C)c2nncn2[nH]c1=O. The van der Waals surface area contributed by atoms with Gasteiger partial charge in [-0.15, -0.1) is 10.2 Å². The summed E-state index contributed by atoms with van der Waals surface area (Å²) in [4.78, 5) is 14.2. The van der Waals surface area contributed by atoms with Gasteiger partial charge in [0.05, 0.1) is 0 Å². The van der Waals surface area contributed by atoms with Crippen molar-refractivity contribution in [3.05, 3.63) is 27.8 Å². The molecule has 6 nitrogen and oxygen atoms in total. The monoisotopic (exact) mass is 235 g/mol. The first-order valence-electron chi connectivity index (χ1n) is 5.81. The van der Waals surface area contributed by atoms with Gasteiger partial charge in [-0.1, -0.05) is 13.8 Å². The van der Waals surface area contributed by atoms with Gasteiger partial charge in [0.1, 0.15) is 6.33 Å². The number of aryl methyl sites for hydroxylation is 1. The number of aromatic nitrogens is 4. The second-order valence-corrected chi connectivity index (χ2v) is 4.03.